The smallest absolute Gasteiger partial charge is 0.419 e. The Balaban J connectivity index is 2.29. The first-order chi connectivity index (χ1) is 11.0. The third-order valence-electron chi connectivity index (χ3n) is 3.05. The largest absolute Gasteiger partial charge is 0.488 e. The summed E-state index contributed by atoms with van der Waals surface area (Å²) in [5, 5.41) is 20.6. The van der Waals surface area contributed by atoms with Gasteiger partial charge in [-0.2, -0.15) is 18.4 Å². The summed E-state index contributed by atoms with van der Waals surface area (Å²) in [5.74, 6) is -0.311. The molecule has 0 unspecified atom stereocenters. The third kappa shape index (κ3) is 3.80. The molecule has 4 nitrogen and oxygen atoms in total. The van der Waals surface area contributed by atoms with Crippen LogP contribution in [0.2, 0.25) is 0 Å². The highest BCUT2D eigenvalue weighted by atomic mass is 19.4. The van der Waals surface area contributed by atoms with Crippen molar-refractivity contribution in [1.82, 2.24) is 0 Å². The van der Waals surface area contributed by atoms with Crippen molar-refractivity contribution in [3.8, 4) is 11.8 Å². The van der Waals surface area contributed by atoms with Gasteiger partial charge in [-0.3, -0.25) is 0 Å². The Morgan fingerprint density at radius 2 is 1.78 bits per heavy atom. The third-order valence-corrected chi connectivity index (χ3v) is 3.05. The highest BCUT2D eigenvalue weighted by molar-refractivity contribution is 6.12. The molecule has 0 amide bonds. The summed E-state index contributed by atoms with van der Waals surface area (Å²) in [6.07, 6.45) is -4.53. The molecule has 0 heterocycles. The van der Waals surface area contributed by atoms with Crippen LogP contribution in [0.25, 0.3) is 0 Å². The van der Waals surface area contributed by atoms with Gasteiger partial charge in [0.1, 0.15) is 18.4 Å². The van der Waals surface area contributed by atoms with E-state index < -0.39 is 11.7 Å². The van der Waals surface area contributed by atoms with Crippen LogP contribution in [0.1, 0.15) is 16.7 Å². The van der Waals surface area contributed by atoms with Gasteiger partial charge in [-0.05, 0) is 17.7 Å². The molecule has 2 aromatic rings. The topological polar surface area (TPSA) is 65.6 Å². The molecule has 2 rings (SSSR count). The molecule has 0 aromatic heterocycles. The Labute approximate surface area is 130 Å². The molecule has 7 heteroatoms. The van der Waals surface area contributed by atoms with Gasteiger partial charge >= 0.3 is 6.18 Å². The zero-order valence-electron chi connectivity index (χ0n) is 11.7. The number of nitrogens with zero attached hydrogens (tertiary/aromatic N) is 2. The second-order valence-corrected chi connectivity index (χ2v) is 4.50. The molecule has 0 atom stereocenters. The fourth-order valence-electron chi connectivity index (χ4n) is 2.00. The van der Waals surface area contributed by atoms with Gasteiger partial charge in [0.05, 0.1) is 5.56 Å². The monoisotopic (exact) mass is 320 g/mol. The molecule has 118 valence electrons. The van der Waals surface area contributed by atoms with Crippen molar-refractivity contribution >= 4 is 5.71 Å². The molecule has 23 heavy (non-hydrogen) atoms. The molecule has 0 bridgehead atoms. The SMILES string of the molecule is N#CC(=NO)c1ccccc1COc1ccccc1C(F)(F)F. The van der Waals surface area contributed by atoms with E-state index in [0.29, 0.717) is 11.1 Å². The van der Waals surface area contributed by atoms with Crippen LogP contribution in [0.15, 0.2) is 53.7 Å². The van der Waals surface area contributed by atoms with Crippen molar-refractivity contribution in [2.45, 2.75) is 12.8 Å². The summed E-state index contributed by atoms with van der Waals surface area (Å²) in [6, 6.07) is 12.9. The quantitative estimate of drug-likeness (QED) is 0.526. The number of oxime groups is 1. The van der Waals surface area contributed by atoms with E-state index in [1.54, 1.807) is 24.3 Å². The van der Waals surface area contributed by atoms with Gasteiger partial charge in [0.2, 0.25) is 0 Å². The maximum absolute atomic E-state index is 12.9. The summed E-state index contributed by atoms with van der Waals surface area (Å²) < 4.78 is 44.0. The van der Waals surface area contributed by atoms with Crippen molar-refractivity contribution < 1.29 is 23.1 Å². The number of hydrogen-bond donors (Lipinski definition) is 1. The van der Waals surface area contributed by atoms with Crippen LogP contribution in [0.4, 0.5) is 13.2 Å². The number of ether oxygens (including phenoxy) is 1. The molecule has 2 aromatic carbocycles. The Morgan fingerprint density at radius 1 is 1.13 bits per heavy atom. The first-order valence-electron chi connectivity index (χ1n) is 6.47. The Bertz CT molecular complexity index is 764. The lowest BCUT2D eigenvalue weighted by Crippen LogP contribution is -2.10. The van der Waals surface area contributed by atoms with Crippen LogP contribution in [-0.2, 0) is 12.8 Å². The fourth-order valence-corrected chi connectivity index (χ4v) is 2.00. The van der Waals surface area contributed by atoms with Crippen molar-refractivity contribution in [2.24, 2.45) is 5.16 Å². The predicted molar refractivity (Wildman–Crippen MR) is 76.2 cm³/mol. The molecular formula is C16H11F3N2O2. The normalized spacial score (nSPS) is 11.8. The van der Waals surface area contributed by atoms with E-state index in [4.69, 9.17) is 15.2 Å². The van der Waals surface area contributed by atoms with E-state index in [2.05, 4.69) is 5.16 Å². The lowest BCUT2D eigenvalue weighted by Gasteiger charge is -2.14. The second kappa shape index (κ2) is 6.83. The van der Waals surface area contributed by atoms with E-state index in [-0.39, 0.29) is 18.1 Å². The second-order valence-electron chi connectivity index (χ2n) is 4.50. The van der Waals surface area contributed by atoms with Gasteiger partial charge in [0.25, 0.3) is 0 Å². The lowest BCUT2D eigenvalue weighted by molar-refractivity contribution is -0.139. The highest BCUT2D eigenvalue weighted by Crippen LogP contribution is 2.36. The van der Waals surface area contributed by atoms with E-state index in [9.17, 15) is 13.2 Å². The maximum Gasteiger partial charge on any atom is 0.419 e. The minimum absolute atomic E-state index is 0.204. The number of halogens is 3. The summed E-state index contributed by atoms with van der Waals surface area (Å²) in [7, 11) is 0. The van der Waals surface area contributed by atoms with Crippen LogP contribution in [-0.4, -0.2) is 10.9 Å². The van der Waals surface area contributed by atoms with Crippen LogP contribution >= 0.6 is 0 Å². The predicted octanol–water partition coefficient (Wildman–Crippen LogP) is 3.99. The maximum atomic E-state index is 12.9. The molecular weight excluding hydrogens is 309 g/mol. The number of rotatable bonds is 4. The number of nitriles is 1. The van der Waals surface area contributed by atoms with E-state index in [0.717, 1.165) is 6.07 Å². The van der Waals surface area contributed by atoms with Gasteiger partial charge in [0, 0.05) is 5.56 Å². The van der Waals surface area contributed by atoms with E-state index >= 15 is 0 Å². The number of para-hydroxylation sites is 1. The first kappa shape index (κ1) is 16.4. The van der Waals surface area contributed by atoms with Gasteiger partial charge < -0.3 is 9.94 Å². The van der Waals surface area contributed by atoms with Crippen molar-refractivity contribution in [1.29, 1.82) is 5.26 Å². The fraction of sp³-hybridized carbons (Fsp3) is 0.125. The first-order valence-corrected chi connectivity index (χ1v) is 6.47. The van der Waals surface area contributed by atoms with E-state index in [1.807, 2.05) is 0 Å². The van der Waals surface area contributed by atoms with Gasteiger partial charge in [-0.15, -0.1) is 0 Å². The standard InChI is InChI=1S/C16H11F3N2O2/c17-16(18,19)13-7-3-4-8-15(13)23-10-11-5-1-2-6-12(11)14(9-20)21-22/h1-8,22H,10H2. The van der Waals surface area contributed by atoms with Crippen molar-refractivity contribution in [3.05, 3.63) is 65.2 Å². The summed E-state index contributed by atoms with van der Waals surface area (Å²) in [4.78, 5) is 0. The molecule has 0 saturated heterocycles. The van der Waals surface area contributed by atoms with Crippen LogP contribution in [0.5, 0.6) is 5.75 Å². The van der Waals surface area contributed by atoms with Gasteiger partial charge in [-0.25, -0.2) is 0 Å². The molecule has 0 radical (unpaired) electrons. The van der Waals surface area contributed by atoms with Gasteiger partial charge in [0.15, 0.2) is 5.71 Å². The minimum Gasteiger partial charge on any atom is -0.488 e. The molecule has 1 N–H and O–H groups in total. The zero-order valence-corrected chi connectivity index (χ0v) is 11.7. The Hall–Kier alpha value is -3.01. The average Bonchev–Trinajstić information content (AvgIpc) is 2.54. The average molecular weight is 320 g/mol. The summed E-state index contributed by atoms with van der Waals surface area (Å²) >= 11 is 0. The van der Waals surface area contributed by atoms with E-state index in [1.165, 1.54) is 24.3 Å². The summed E-state index contributed by atoms with van der Waals surface area (Å²) in [5.41, 5.74) is -0.400. The van der Waals surface area contributed by atoms with Crippen molar-refractivity contribution in [2.75, 3.05) is 0 Å². The zero-order chi connectivity index (χ0) is 16.9. The molecule has 0 spiro atoms. The highest BCUT2D eigenvalue weighted by Gasteiger charge is 2.34. The molecule has 0 fully saturated rings. The number of alkyl halides is 3. The summed E-state index contributed by atoms with van der Waals surface area (Å²) in [6.45, 7) is -0.204. The number of hydrogen-bond acceptors (Lipinski definition) is 4. The van der Waals surface area contributed by atoms with Gasteiger partial charge in [-0.1, -0.05) is 41.6 Å². The Morgan fingerprint density at radius 3 is 2.43 bits per heavy atom. The van der Waals surface area contributed by atoms with Crippen molar-refractivity contribution in [3.63, 3.8) is 0 Å². The van der Waals surface area contributed by atoms with Crippen LogP contribution in [0, 0.1) is 11.3 Å². The lowest BCUT2D eigenvalue weighted by atomic mass is 10.0. The Kier molecular flexibility index (Phi) is 4.86. The number of benzene rings is 2. The van der Waals surface area contributed by atoms with Crippen LogP contribution in [0.3, 0.4) is 0 Å². The minimum atomic E-state index is -4.53. The molecule has 0 aliphatic carbocycles. The molecule has 0 aliphatic rings. The van der Waals surface area contributed by atoms with Crippen LogP contribution < -0.4 is 4.74 Å². The molecule has 0 saturated carbocycles. The molecule has 0 aliphatic heterocycles.